The second kappa shape index (κ2) is 7.41. The number of amides is 1. The molecule has 4 rings (SSSR count). The van der Waals surface area contributed by atoms with Crippen LogP contribution in [0.4, 0.5) is 5.82 Å². The largest absolute Gasteiger partial charge is 0.310 e. The van der Waals surface area contributed by atoms with Gasteiger partial charge in [0.15, 0.2) is 0 Å². The molecule has 0 unspecified atom stereocenters. The number of anilines is 1. The summed E-state index contributed by atoms with van der Waals surface area (Å²) in [4.78, 5) is 12.7. The van der Waals surface area contributed by atoms with Crippen molar-refractivity contribution in [1.82, 2.24) is 9.78 Å². The fraction of sp³-hybridized carbons (Fsp3) is 0.238. The lowest BCUT2D eigenvalue weighted by atomic mass is 10.1. The summed E-state index contributed by atoms with van der Waals surface area (Å²) < 4.78 is 1.86. The second-order valence-corrected chi connectivity index (χ2v) is 8.16. The van der Waals surface area contributed by atoms with E-state index in [1.807, 2.05) is 40.7 Å². The predicted octanol–water partition coefficient (Wildman–Crippen LogP) is 5.07. The number of thioether (sulfide) groups is 1. The van der Waals surface area contributed by atoms with Crippen LogP contribution >= 0.6 is 23.4 Å². The Balaban J connectivity index is 1.66. The molecule has 0 saturated heterocycles. The number of nitrogens with one attached hydrogen (secondary N) is 1. The SMILES string of the molecule is Cc1ccc(-n2nc3c(c2NC(=O)Cc2ccccc2Cl)CSC3)cc1C. The van der Waals surface area contributed by atoms with Crippen LogP contribution in [0.3, 0.4) is 0 Å². The Morgan fingerprint density at radius 2 is 2.00 bits per heavy atom. The first-order valence-electron chi connectivity index (χ1n) is 8.82. The second-order valence-electron chi connectivity index (χ2n) is 6.76. The number of carbonyl (C=O) groups is 1. The number of aromatic nitrogens is 2. The monoisotopic (exact) mass is 397 g/mol. The number of fused-ring (bicyclic) bond motifs is 1. The van der Waals surface area contributed by atoms with Crippen molar-refractivity contribution in [3.8, 4) is 5.69 Å². The highest BCUT2D eigenvalue weighted by Crippen LogP contribution is 2.36. The molecule has 2 heterocycles. The molecule has 0 atom stereocenters. The predicted molar refractivity (Wildman–Crippen MR) is 112 cm³/mol. The highest BCUT2D eigenvalue weighted by atomic mass is 35.5. The number of hydrogen-bond acceptors (Lipinski definition) is 3. The first-order valence-corrected chi connectivity index (χ1v) is 10.4. The lowest BCUT2D eigenvalue weighted by Gasteiger charge is -2.13. The highest BCUT2D eigenvalue weighted by Gasteiger charge is 2.25. The molecule has 3 aromatic rings. The van der Waals surface area contributed by atoms with Gasteiger partial charge in [0.05, 0.1) is 17.8 Å². The molecule has 27 heavy (non-hydrogen) atoms. The maximum absolute atomic E-state index is 12.7. The molecule has 0 radical (unpaired) electrons. The van der Waals surface area contributed by atoms with Crippen LogP contribution in [0.1, 0.15) is 27.9 Å². The molecular formula is C21H20ClN3OS. The number of hydrogen-bond donors (Lipinski definition) is 1. The van der Waals surface area contributed by atoms with Crippen molar-refractivity contribution in [3.05, 3.63) is 75.4 Å². The Morgan fingerprint density at radius 1 is 1.19 bits per heavy atom. The maximum Gasteiger partial charge on any atom is 0.230 e. The summed E-state index contributed by atoms with van der Waals surface area (Å²) in [6.07, 6.45) is 0.236. The van der Waals surface area contributed by atoms with Crippen molar-refractivity contribution in [2.75, 3.05) is 5.32 Å². The molecule has 4 nitrogen and oxygen atoms in total. The molecule has 6 heteroatoms. The Labute approximate surface area is 167 Å². The van der Waals surface area contributed by atoms with E-state index in [1.54, 1.807) is 6.07 Å². The molecule has 2 aromatic carbocycles. The van der Waals surface area contributed by atoms with Crippen LogP contribution in [0.5, 0.6) is 0 Å². The summed E-state index contributed by atoms with van der Waals surface area (Å²) in [5.41, 5.74) is 6.38. The third-order valence-corrected chi connectivity index (χ3v) is 6.19. The molecule has 0 spiro atoms. The van der Waals surface area contributed by atoms with Gasteiger partial charge in [-0.25, -0.2) is 4.68 Å². The number of rotatable bonds is 4. The summed E-state index contributed by atoms with van der Waals surface area (Å²) in [6, 6.07) is 13.7. The molecule has 1 aliphatic heterocycles. The first-order chi connectivity index (χ1) is 13.0. The zero-order chi connectivity index (χ0) is 19.0. The topological polar surface area (TPSA) is 46.9 Å². The van der Waals surface area contributed by atoms with Gasteiger partial charge in [-0.1, -0.05) is 35.9 Å². The van der Waals surface area contributed by atoms with Crippen molar-refractivity contribution in [2.24, 2.45) is 0 Å². The molecule has 0 aliphatic carbocycles. The lowest BCUT2D eigenvalue weighted by molar-refractivity contribution is -0.115. The third kappa shape index (κ3) is 3.62. The van der Waals surface area contributed by atoms with Crippen molar-refractivity contribution in [2.45, 2.75) is 31.8 Å². The van der Waals surface area contributed by atoms with Gasteiger partial charge in [0.1, 0.15) is 5.82 Å². The summed E-state index contributed by atoms with van der Waals surface area (Å²) in [7, 11) is 0. The van der Waals surface area contributed by atoms with Gasteiger partial charge >= 0.3 is 0 Å². The van der Waals surface area contributed by atoms with E-state index >= 15 is 0 Å². The van der Waals surface area contributed by atoms with Crippen LogP contribution in [0.25, 0.3) is 5.69 Å². The quantitative estimate of drug-likeness (QED) is 0.668. The van der Waals surface area contributed by atoms with E-state index in [9.17, 15) is 4.79 Å². The Hall–Kier alpha value is -2.24. The molecule has 1 amide bonds. The molecule has 138 valence electrons. The number of aryl methyl sites for hydroxylation is 2. The zero-order valence-electron chi connectivity index (χ0n) is 15.3. The van der Waals surface area contributed by atoms with Crippen molar-refractivity contribution >= 4 is 35.1 Å². The van der Waals surface area contributed by atoms with Crippen molar-refractivity contribution < 1.29 is 4.79 Å². The van der Waals surface area contributed by atoms with Crippen LogP contribution < -0.4 is 5.32 Å². The summed E-state index contributed by atoms with van der Waals surface area (Å²) in [6.45, 7) is 4.17. The van der Waals surface area contributed by atoms with Crippen LogP contribution in [0.15, 0.2) is 42.5 Å². The maximum atomic E-state index is 12.7. The highest BCUT2D eigenvalue weighted by molar-refractivity contribution is 7.98. The van der Waals surface area contributed by atoms with Crippen LogP contribution in [0, 0.1) is 13.8 Å². The fourth-order valence-electron chi connectivity index (χ4n) is 3.18. The number of carbonyl (C=O) groups excluding carboxylic acids is 1. The minimum Gasteiger partial charge on any atom is -0.310 e. The zero-order valence-corrected chi connectivity index (χ0v) is 16.8. The van der Waals surface area contributed by atoms with Gasteiger partial charge in [-0.3, -0.25) is 4.79 Å². The van der Waals surface area contributed by atoms with Gasteiger partial charge in [0, 0.05) is 22.1 Å². The Bertz CT molecular complexity index is 1030. The smallest absolute Gasteiger partial charge is 0.230 e. The Morgan fingerprint density at radius 3 is 2.78 bits per heavy atom. The molecule has 0 saturated carbocycles. The molecular weight excluding hydrogens is 378 g/mol. The van der Waals surface area contributed by atoms with E-state index in [2.05, 4.69) is 31.3 Å². The van der Waals surface area contributed by atoms with Gasteiger partial charge in [0.2, 0.25) is 5.91 Å². The van der Waals surface area contributed by atoms with E-state index in [4.69, 9.17) is 16.7 Å². The van der Waals surface area contributed by atoms with E-state index in [0.29, 0.717) is 5.02 Å². The van der Waals surface area contributed by atoms with Gasteiger partial charge in [-0.15, -0.1) is 0 Å². The van der Waals surface area contributed by atoms with Crippen LogP contribution in [-0.2, 0) is 22.7 Å². The summed E-state index contributed by atoms with van der Waals surface area (Å²) in [5.74, 6) is 2.42. The number of nitrogens with zero attached hydrogens (tertiary/aromatic N) is 2. The minimum absolute atomic E-state index is 0.0900. The molecule has 1 aromatic heterocycles. The third-order valence-electron chi connectivity index (χ3n) is 4.85. The average molecular weight is 398 g/mol. The number of halogens is 1. The average Bonchev–Trinajstić information content (AvgIpc) is 3.22. The van der Waals surface area contributed by atoms with Crippen molar-refractivity contribution in [1.29, 1.82) is 0 Å². The summed E-state index contributed by atoms with van der Waals surface area (Å²) in [5, 5.41) is 8.46. The molecule has 0 bridgehead atoms. The molecule has 1 N–H and O–H groups in total. The standard InChI is InChI=1S/C21H20ClN3OS/c1-13-7-8-16(9-14(13)2)25-21(17-11-27-12-19(17)24-25)23-20(26)10-15-5-3-4-6-18(15)22/h3-9H,10-12H2,1-2H3,(H,23,26). The van der Waals surface area contributed by atoms with Gasteiger partial charge < -0.3 is 5.32 Å². The minimum atomic E-state index is -0.0900. The first kappa shape index (κ1) is 18.1. The van der Waals surface area contributed by atoms with Crippen LogP contribution in [0.2, 0.25) is 5.02 Å². The summed E-state index contributed by atoms with van der Waals surface area (Å²) >= 11 is 8.02. The normalized spacial score (nSPS) is 12.9. The molecule has 0 fully saturated rings. The fourth-order valence-corrected chi connectivity index (χ4v) is 4.41. The van der Waals surface area contributed by atoms with E-state index < -0.39 is 0 Å². The van der Waals surface area contributed by atoms with Gasteiger partial charge in [-0.2, -0.15) is 16.9 Å². The van der Waals surface area contributed by atoms with Gasteiger partial charge in [0.25, 0.3) is 0 Å². The van der Waals surface area contributed by atoms with Crippen LogP contribution in [-0.4, -0.2) is 15.7 Å². The van der Waals surface area contributed by atoms with E-state index in [0.717, 1.165) is 39.8 Å². The van der Waals surface area contributed by atoms with E-state index in [-0.39, 0.29) is 12.3 Å². The van der Waals surface area contributed by atoms with E-state index in [1.165, 1.54) is 11.1 Å². The number of benzene rings is 2. The van der Waals surface area contributed by atoms with Crippen molar-refractivity contribution in [3.63, 3.8) is 0 Å². The Kier molecular flexibility index (Phi) is 4.98. The lowest BCUT2D eigenvalue weighted by Crippen LogP contribution is -2.18. The molecule has 1 aliphatic rings. The van der Waals surface area contributed by atoms with Gasteiger partial charge in [-0.05, 0) is 48.7 Å².